The van der Waals surface area contributed by atoms with E-state index in [0.717, 1.165) is 0 Å². The standard InChI is InChI=1S/C10H20N/c1-4-7-9-10(8-5-2)11-6-3/h6H,4-5,7-9H2,1-3H3/q+1. The summed E-state index contributed by atoms with van der Waals surface area (Å²) < 4.78 is 4.34. The first-order valence-corrected chi connectivity index (χ1v) is 4.68. The van der Waals surface area contributed by atoms with Gasteiger partial charge in [-0.25, -0.2) is 0 Å². The summed E-state index contributed by atoms with van der Waals surface area (Å²) in [5.41, 5.74) is 1.37. The number of nitrogens with zero attached hydrogens (tertiary/aromatic N) is 1. The van der Waals surface area contributed by atoms with Gasteiger partial charge in [-0.2, -0.15) is 0 Å². The van der Waals surface area contributed by atoms with Crippen molar-refractivity contribution in [2.45, 2.75) is 52.9 Å². The minimum Gasteiger partial charge on any atom is -0.107 e. The van der Waals surface area contributed by atoms with Crippen LogP contribution in [0.3, 0.4) is 0 Å². The fraction of sp³-hybridized carbons (Fsp3) is 0.800. The van der Waals surface area contributed by atoms with Crippen LogP contribution in [-0.2, 0) is 0 Å². The Morgan fingerprint density at radius 1 is 1.18 bits per heavy atom. The molecule has 11 heavy (non-hydrogen) atoms. The van der Waals surface area contributed by atoms with Gasteiger partial charge >= 0.3 is 0 Å². The molecule has 1 heteroatoms. The molecule has 0 spiro atoms. The van der Waals surface area contributed by atoms with E-state index in [4.69, 9.17) is 0 Å². The highest BCUT2D eigenvalue weighted by atomic mass is 14.6. The first-order valence-electron chi connectivity index (χ1n) is 4.68. The van der Waals surface area contributed by atoms with E-state index < -0.39 is 0 Å². The molecule has 64 valence electrons. The van der Waals surface area contributed by atoms with Crippen molar-refractivity contribution in [1.29, 1.82) is 0 Å². The molecule has 0 saturated carbocycles. The normalized spacial score (nSPS) is 9.00. The maximum Gasteiger partial charge on any atom is 0.280 e. The summed E-state index contributed by atoms with van der Waals surface area (Å²) in [7, 11) is 0. The second-order valence-corrected chi connectivity index (χ2v) is 2.81. The van der Waals surface area contributed by atoms with Crippen LogP contribution < -0.4 is 4.67 Å². The lowest BCUT2D eigenvalue weighted by Crippen LogP contribution is -2.01. The second kappa shape index (κ2) is 7.56. The van der Waals surface area contributed by atoms with Gasteiger partial charge in [0.25, 0.3) is 11.9 Å². The number of unbranched alkanes of at least 4 members (excludes halogenated alkanes) is 1. The van der Waals surface area contributed by atoms with Crippen LogP contribution in [0.1, 0.15) is 52.9 Å². The van der Waals surface area contributed by atoms with E-state index in [2.05, 4.69) is 18.5 Å². The summed E-state index contributed by atoms with van der Waals surface area (Å²) >= 11 is 0. The lowest BCUT2D eigenvalue weighted by atomic mass is 10.1. The Balaban J connectivity index is 3.80. The van der Waals surface area contributed by atoms with Crippen LogP contribution in [0.5, 0.6) is 0 Å². The predicted molar refractivity (Wildman–Crippen MR) is 53.3 cm³/mol. The average molecular weight is 154 g/mol. The van der Waals surface area contributed by atoms with Gasteiger partial charge in [-0.15, -0.1) is 4.67 Å². The van der Waals surface area contributed by atoms with Crippen LogP contribution in [-0.4, -0.2) is 11.9 Å². The van der Waals surface area contributed by atoms with Crippen molar-refractivity contribution in [1.82, 2.24) is 4.67 Å². The summed E-state index contributed by atoms with van der Waals surface area (Å²) in [6.07, 6.45) is 8.04. The molecule has 0 saturated heterocycles. The molecule has 0 radical (unpaired) electrons. The molecule has 0 bridgehead atoms. The van der Waals surface area contributed by atoms with E-state index in [9.17, 15) is 0 Å². The molecule has 0 heterocycles. The van der Waals surface area contributed by atoms with Crippen molar-refractivity contribution >= 4 is 11.9 Å². The highest BCUT2D eigenvalue weighted by molar-refractivity contribution is 5.85. The minimum atomic E-state index is 1.17. The van der Waals surface area contributed by atoms with Gasteiger partial charge in [-0.05, 0) is 12.8 Å². The third kappa shape index (κ3) is 5.87. The summed E-state index contributed by atoms with van der Waals surface area (Å²) in [4.78, 5) is 0. The molecule has 0 aromatic heterocycles. The van der Waals surface area contributed by atoms with E-state index in [1.54, 1.807) is 0 Å². The Kier molecular flexibility index (Phi) is 7.18. The quantitative estimate of drug-likeness (QED) is 0.427. The molecule has 0 unspecified atom stereocenters. The predicted octanol–water partition coefficient (Wildman–Crippen LogP) is 2.58. The number of hydrogen-bond donors (Lipinski definition) is 0. The van der Waals surface area contributed by atoms with Crippen molar-refractivity contribution in [3.63, 3.8) is 0 Å². The fourth-order valence-electron chi connectivity index (χ4n) is 1.11. The van der Waals surface area contributed by atoms with Gasteiger partial charge in [-0.1, -0.05) is 20.3 Å². The molecule has 0 aliphatic rings. The first-order chi connectivity index (χ1) is 5.35. The van der Waals surface area contributed by atoms with Gasteiger partial charge in [0.05, 0.1) is 0 Å². The smallest absolute Gasteiger partial charge is 0.107 e. The Bertz CT molecular complexity index is 141. The molecule has 0 N–H and O–H groups in total. The third-order valence-electron chi connectivity index (χ3n) is 1.67. The van der Waals surface area contributed by atoms with Crippen molar-refractivity contribution < 1.29 is 0 Å². The van der Waals surface area contributed by atoms with E-state index in [-0.39, 0.29) is 0 Å². The molecule has 0 aromatic rings. The fourth-order valence-corrected chi connectivity index (χ4v) is 1.11. The van der Waals surface area contributed by atoms with Crippen LogP contribution in [0.15, 0.2) is 0 Å². The van der Waals surface area contributed by atoms with Crippen LogP contribution in [0.25, 0.3) is 0 Å². The highest BCUT2D eigenvalue weighted by Crippen LogP contribution is 1.99. The van der Waals surface area contributed by atoms with Crippen LogP contribution >= 0.6 is 0 Å². The van der Waals surface area contributed by atoms with Gasteiger partial charge in [0, 0.05) is 19.8 Å². The monoisotopic (exact) mass is 154 g/mol. The maximum absolute atomic E-state index is 4.34. The van der Waals surface area contributed by atoms with Gasteiger partial charge in [0.15, 0.2) is 0 Å². The lowest BCUT2D eigenvalue weighted by Gasteiger charge is -1.89. The Labute approximate surface area is 70.3 Å². The first kappa shape index (κ1) is 10.4. The van der Waals surface area contributed by atoms with Gasteiger partial charge < -0.3 is 0 Å². The molecule has 0 amide bonds. The van der Waals surface area contributed by atoms with E-state index >= 15 is 0 Å². The molecule has 0 fully saturated rings. The van der Waals surface area contributed by atoms with Gasteiger partial charge in [0.2, 0.25) is 0 Å². The van der Waals surface area contributed by atoms with Gasteiger partial charge in [-0.3, -0.25) is 0 Å². The average Bonchev–Trinajstić information content (AvgIpc) is 2.01. The summed E-state index contributed by atoms with van der Waals surface area (Å²) in [6, 6.07) is 0. The largest absolute Gasteiger partial charge is 0.280 e. The zero-order chi connectivity index (χ0) is 8.53. The van der Waals surface area contributed by atoms with E-state index in [1.165, 1.54) is 37.8 Å². The van der Waals surface area contributed by atoms with Crippen LogP contribution in [0, 0.1) is 0 Å². The van der Waals surface area contributed by atoms with Gasteiger partial charge in [0.1, 0.15) is 0 Å². The molecule has 0 aromatic carbocycles. The molecule has 1 nitrogen and oxygen atoms in total. The van der Waals surface area contributed by atoms with Crippen LogP contribution in [0.4, 0.5) is 0 Å². The van der Waals surface area contributed by atoms with E-state index in [0.29, 0.717) is 0 Å². The zero-order valence-corrected chi connectivity index (χ0v) is 8.06. The third-order valence-corrected chi connectivity index (χ3v) is 1.67. The molecular weight excluding hydrogens is 134 g/mol. The highest BCUT2D eigenvalue weighted by Gasteiger charge is 2.05. The molecular formula is C10H20N+. The van der Waals surface area contributed by atoms with Crippen molar-refractivity contribution in [3.05, 3.63) is 0 Å². The van der Waals surface area contributed by atoms with Crippen LogP contribution in [0.2, 0.25) is 0 Å². The topological polar surface area (TPSA) is 14.1 Å². The Morgan fingerprint density at radius 3 is 2.36 bits per heavy atom. The molecule has 0 atom stereocenters. The van der Waals surface area contributed by atoms with E-state index in [1.807, 2.05) is 13.1 Å². The Morgan fingerprint density at radius 2 is 1.91 bits per heavy atom. The molecule has 0 aliphatic carbocycles. The lowest BCUT2D eigenvalue weighted by molar-refractivity contribution is 0.815. The van der Waals surface area contributed by atoms with Crippen molar-refractivity contribution in [2.24, 2.45) is 0 Å². The number of hydrogen-bond acceptors (Lipinski definition) is 0. The summed E-state index contributed by atoms with van der Waals surface area (Å²) in [5, 5.41) is 0. The zero-order valence-electron chi connectivity index (χ0n) is 8.06. The summed E-state index contributed by atoms with van der Waals surface area (Å²) in [6.45, 7) is 6.41. The molecule has 0 rings (SSSR count). The minimum absolute atomic E-state index is 1.17. The van der Waals surface area contributed by atoms with Crippen molar-refractivity contribution in [3.8, 4) is 0 Å². The Hall–Kier alpha value is -0.550. The molecule has 0 aliphatic heterocycles. The SMILES string of the molecule is CC=[N+]=C(CCC)CCCC. The maximum atomic E-state index is 4.34. The summed E-state index contributed by atoms with van der Waals surface area (Å²) in [5.74, 6) is 0. The number of rotatable bonds is 5. The van der Waals surface area contributed by atoms with Crippen molar-refractivity contribution in [2.75, 3.05) is 0 Å². The second-order valence-electron chi connectivity index (χ2n) is 2.81.